The number of nitrogens with one attached hydrogen (secondary N) is 1. The molecule has 0 fully saturated rings. The molecule has 110 valence electrons. The van der Waals surface area contributed by atoms with Crippen LogP contribution in [0.3, 0.4) is 0 Å². The number of aryl methyl sites for hydroxylation is 1. The van der Waals surface area contributed by atoms with Gasteiger partial charge in [-0.25, -0.2) is 4.98 Å². The number of rotatable bonds is 4. The van der Waals surface area contributed by atoms with Gasteiger partial charge >= 0.3 is 0 Å². The van der Waals surface area contributed by atoms with E-state index < -0.39 is 4.92 Å². The second-order valence-corrected chi connectivity index (χ2v) is 5.01. The van der Waals surface area contributed by atoms with Crippen molar-refractivity contribution in [2.75, 3.05) is 12.4 Å². The average molecular weight is 328 g/mol. The van der Waals surface area contributed by atoms with Crippen molar-refractivity contribution in [3.63, 3.8) is 0 Å². The molecule has 0 atom stereocenters. The Kier molecular flexibility index (Phi) is 4.50. The Hall–Kier alpha value is -2.05. The van der Waals surface area contributed by atoms with E-state index in [-0.39, 0.29) is 16.7 Å². The molecule has 0 aliphatic heterocycles. The van der Waals surface area contributed by atoms with Gasteiger partial charge in [0.15, 0.2) is 0 Å². The highest BCUT2D eigenvalue weighted by molar-refractivity contribution is 6.31. The van der Waals surface area contributed by atoms with Crippen molar-refractivity contribution in [1.82, 2.24) is 4.98 Å². The van der Waals surface area contributed by atoms with Gasteiger partial charge in [0.05, 0.1) is 29.9 Å². The predicted octanol–water partition coefficient (Wildman–Crippen LogP) is 4.36. The number of methoxy groups -OCH3 is 1. The molecule has 0 spiro atoms. The lowest BCUT2D eigenvalue weighted by Gasteiger charge is -2.12. The summed E-state index contributed by atoms with van der Waals surface area (Å²) in [5.74, 6) is 0.740. The van der Waals surface area contributed by atoms with Crippen molar-refractivity contribution in [3.05, 3.63) is 50.1 Å². The number of hydrogen-bond donors (Lipinski definition) is 1. The number of anilines is 2. The van der Waals surface area contributed by atoms with Crippen molar-refractivity contribution in [2.24, 2.45) is 0 Å². The summed E-state index contributed by atoms with van der Waals surface area (Å²) in [6, 6.07) is 5.88. The van der Waals surface area contributed by atoms with E-state index in [0.29, 0.717) is 16.5 Å². The monoisotopic (exact) mass is 327 g/mol. The zero-order valence-corrected chi connectivity index (χ0v) is 12.7. The maximum Gasteiger partial charge on any atom is 0.276 e. The molecular weight excluding hydrogens is 317 g/mol. The summed E-state index contributed by atoms with van der Waals surface area (Å²) in [5.41, 5.74) is 1.27. The molecule has 21 heavy (non-hydrogen) atoms. The number of nitrogens with zero attached hydrogens (tertiary/aromatic N) is 2. The van der Waals surface area contributed by atoms with Gasteiger partial charge in [-0.1, -0.05) is 23.2 Å². The van der Waals surface area contributed by atoms with E-state index in [1.165, 1.54) is 19.2 Å². The van der Waals surface area contributed by atoms with Crippen LogP contribution in [0.5, 0.6) is 5.75 Å². The Labute approximate surface area is 130 Å². The van der Waals surface area contributed by atoms with Gasteiger partial charge < -0.3 is 10.1 Å². The van der Waals surface area contributed by atoms with Crippen molar-refractivity contribution in [2.45, 2.75) is 6.92 Å². The molecule has 1 aromatic heterocycles. The molecule has 0 saturated carbocycles. The summed E-state index contributed by atoms with van der Waals surface area (Å²) in [6.45, 7) is 1.83. The van der Waals surface area contributed by atoms with E-state index >= 15 is 0 Å². The molecule has 2 aromatic rings. The second-order valence-electron chi connectivity index (χ2n) is 4.22. The van der Waals surface area contributed by atoms with Gasteiger partial charge in [-0.2, -0.15) is 0 Å². The maximum absolute atomic E-state index is 10.8. The highest BCUT2D eigenvalue weighted by Gasteiger charge is 2.13. The molecule has 0 aliphatic rings. The van der Waals surface area contributed by atoms with E-state index in [1.807, 2.05) is 6.92 Å². The number of halogens is 2. The Morgan fingerprint density at radius 3 is 2.62 bits per heavy atom. The minimum Gasteiger partial charge on any atom is -0.495 e. The van der Waals surface area contributed by atoms with E-state index in [1.54, 1.807) is 12.1 Å². The van der Waals surface area contributed by atoms with Gasteiger partial charge in [-0.3, -0.25) is 10.1 Å². The highest BCUT2D eigenvalue weighted by atomic mass is 35.5. The van der Waals surface area contributed by atoms with Crippen LogP contribution in [0.1, 0.15) is 5.56 Å². The fourth-order valence-corrected chi connectivity index (χ4v) is 2.08. The Morgan fingerprint density at radius 2 is 2.00 bits per heavy atom. The van der Waals surface area contributed by atoms with Gasteiger partial charge in [0.25, 0.3) is 5.69 Å². The zero-order chi connectivity index (χ0) is 15.6. The van der Waals surface area contributed by atoms with Crippen LogP contribution in [0.15, 0.2) is 24.3 Å². The molecule has 0 saturated heterocycles. The van der Waals surface area contributed by atoms with E-state index in [2.05, 4.69) is 10.3 Å². The van der Waals surface area contributed by atoms with Crippen LogP contribution in [0.25, 0.3) is 0 Å². The number of benzene rings is 1. The molecule has 8 heteroatoms. The average Bonchev–Trinajstić information content (AvgIpc) is 2.42. The third-order valence-electron chi connectivity index (χ3n) is 2.73. The molecule has 0 aliphatic carbocycles. The van der Waals surface area contributed by atoms with Crippen LogP contribution in [-0.4, -0.2) is 17.0 Å². The SMILES string of the molecule is COc1cc(Cl)c(C)cc1Nc1cc([N+](=O)[O-])cc(Cl)n1. The molecule has 6 nitrogen and oxygen atoms in total. The van der Waals surface area contributed by atoms with Crippen LogP contribution in [0.2, 0.25) is 10.2 Å². The lowest BCUT2D eigenvalue weighted by molar-refractivity contribution is -0.384. The summed E-state index contributed by atoms with van der Waals surface area (Å²) in [5, 5.41) is 14.4. The number of pyridine rings is 1. The lowest BCUT2D eigenvalue weighted by Crippen LogP contribution is -1.99. The second kappa shape index (κ2) is 6.15. The number of aromatic nitrogens is 1. The lowest BCUT2D eigenvalue weighted by atomic mass is 10.2. The fraction of sp³-hybridized carbons (Fsp3) is 0.154. The molecule has 1 heterocycles. The molecule has 0 radical (unpaired) electrons. The van der Waals surface area contributed by atoms with Crippen molar-refractivity contribution in [3.8, 4) is 5.75 Å². The predicted molar refractivity (Wildman–Crippen MR) is 81.9 cm³/mol. The molecule has 0 unspecified atom stereocenters. The number of nitro groups is 1. The van der Waals surface area contributed by atoms with Gasteiger partial charge in [-0.05, 0) is 18.6 Å². The maximum atomic E-state index is 10.8. The largest absolute Gasteiger partial charge is 0.495 e. The molecular formula is C13H11Cl2N3O3. The van der Waals surface area contributed by atoms with Crippen LogP contribution >= 0.6 is 23.2 Å². The van der Waals surface area contributed by atoms with Gasteiger partial charge in [0.2, 0.25) is 0 Å². The molecule has 1 aromatic carbocycles. The van der Waals surface area contributed by atoms with Gasteiger partial charge in [0, 0.05) is 11.1 Å². The first-order valence-electron chi connectivity index (χ1n) is 5.84. The Bertz CT molecular complexity index is 707. The minimum atomic E-state index is -0.539. The van der Waals surface area contributed by atoms with E-state index in [9.17, 15) is 10.1 Å². The summed E-state index contributed by atoms with van der Waals surface area (Å²) < 4.78 is 5.22. The molecule has 1 N–H and O–H groups in total. The third kappa shape index (κ3) is 3.53. The highest BCUT2D eigenvalue weighted by Crippen LogP contribution is 2.33. The van der Waals surface area contributed by atoms with Crippen molar-refractivity contribution < 1.29 is 9.66 Å². The topological polar surface area (TPSA) is 77.3 Å². The minimum absolute atomic E-state index is 0.0244. The summed E-state index contributed by atoms with van der Waals surface area (Å²) >= 11 is 11.8. The van der Waals surface area contributed by atoms with Crippen LogP contribution < -0.4 is 10.1 Å². The van der Waals surface area contributed by atoms with E-state index in [4.69, 9.17) is 27.9 Å². The van der Waals surface area contributed by atoms with E-state index in [0.717, 1.165) is 5.56 Å². The van der Waals surface area contributed by atoms with Crippen LogP contribution in [0.4, 0.5) is 17.2 Å². The van der Waals surface area contributed by atoms with Gasteiger partial charge in [-0.15, -0.1) is 0 Å². The molecule has 0 amide bonds. The smallest absolute Gasteiger partial charge is 0.276 e. The normalized spacial score (nSPS) is 10.3. The first kappa shape index (κ1) is 15.3. The summed E-state index contributed by atoms with van der Waals surface area (Å²) in [7, 11) is 1.50. The van der Waals surface area contributed by atoms with Crippen molar-refractivity contribution in [1.29, 1.82) is 0 Å². The first-order valence-corrected chi connectivity index (χ1v) is 6.59. The molecule has 2 rings (SSSR count). The standard InChI is InChI=1S/C13H11Cl2N3O3/c1-7-3-10(11(21-2)6-9(7)14)16-13-5-8(18(19)20)4-12(15)17-13/h3-6H,1-2H3,(H,16,17). The van der Waals surface area contributed by atoms with Gasteiger partial charge in [0.1, 0.15) is 16.7 Å². The number of ether oxygens (including phenoxy) is 1. The summed E-state index contributed by atoms with van der Waals surface area (Å²) in [6.07, 6.45) is 0. The summed E-state index contributed by atoms with van der Waals surface area (Å²) in [4.78, 5) is 14.3. The zero-order valence-electron chi connectivity index (χ0n) is 11.2. The van der Waals surface area contributed by atoms with Crippen molar-refractivity contribution >= 4 is 40.4 Å². The fourth-order valence-electron chi connectivity index (χ4n) is 1.72. The molecule has 0 bridgehead atoms. The van der Waals surface area contributed by atoms with Crippen LogP contribution in [-0.2, 0) is 0 Å². The third-order valence-corrected chi connectivity index (χ3v) is 3.33. The number of hydrogen-bond acceptors (Lipinski definition) is 5. The Morgan fingerprint density at radius 1 is 1.29 bits per heavy atom. The quantitative estimate of drug-likeness (QED) is 0.513. The van der Waals surface area contributed by atoms with Crippen LogP contribution in [0, 0.1) is 17.0 Å². The first-order chi connectivity index (χ1) is 9.90. The Balaban J connectivity index is 2.42.